The van der Waals surface area contributed by atoms with Crippen LogP contribution in [0.4, 0.5) is 0 Å². The van der Waals surface area contributed by atoms with Crippen LogP contribution in [0.5, 0.6) is 0 Å². The van der Waals surface area contributed by atoms with Crippen LogP contribution in [-0.4, -0.2) is 15.3 Å². The third-order valence-electron chi connectivity index (χ3n) is 2.64. The number of aryl methyl sites for hydroxylation is 1. The van der Waals surface area contributed by atoms with Gasteiger partial charge in [0.2, 0.25) is 0 Å². The maximum absolute atomic E-state index is 11.1. The molecule has 0 amide bonds. The average molecular weight is 214 g/mol. The molecule has 0 bridgehead atoms. The fraction of sp³-hybridized carbons (Fsp3) is 0.231. The van der Waals surface area contributed by atoms with Crippen LogP contribution in [0.1, 0.15) is 28.7 Å². The van der Waals surface area contributed by atoms with Crippen LogP contribution in [0.25, 0.3) is 0 Å². The molecule has 1 heterocycles. The lowest BCUT2D eigenvalue weighted by atomic mass is 10.1. The van der Waals surface area contributed by atoms with Crippen LogP contribution >= 0.6 is 0 Å². The van der Waals surface area contributed by atoms with Gasteiger partial charge in [0.25, 0.3) is 0 Å². The Bertz CT molecular complexity index is 497. The summed E-state index contributed by atoms with van der Waals surface area (Å²) < 4.78 is 2.00. The van der Waals surface area contributed by atoms with Gasteiger partial charge in [0.1, 0.15) is 5.82 Å². The SMILES string of the molecule is CC(=O)c1ccc(Cc2nccn2C)cc1. The quantitative estimate of drug-likeness (QED) is 0.734. The Hall–Kier alpha value is -1.90. The van der Waals surface area contributed by atoms with Gasteiger partial charge in [0, 0.05) is 31.4 Å². The van der Waals surface area contributed by atoms with Gasteiger partial charge < -0.3 is 4.57 Å². The number of rotatable bonds is 3. The number of hydrogen-bond donors (Lipinski definition) is 0. The first kappa shape index (κ1) is 10.6. The van der Waals surface area contributed by atoms with E-state index in [1.807, 2.05) is 42.1 Å². The van der Waals surface area contributed by atoms with Crippen molar-refractivity contribution in [1.29, 1.82) is 0 Å². The molecule has 0 atom stereocenters. The van der Waals surface area contributed by atoms with E-state index in [1.54, 1.807) is 13.1 Å². The summed E-state index contributed by atoms with van der Waals surface area (Å²) in [6.07, 6.45) is 4.51. The fourth-order valence-corrected chi connectivity index (χ4v) is 1.61. The third-order valence-corrected chi connectivity index (χ3v) is 2.64. The van der Waals surface area contributed by atoms with E-state index in [1.165, 1.54) is 5.56 Å². The maximum Gasteiger partial charge on any atom is 0.159 e. The topological polar surface area (TPSA) is 34.9 Å². The minimum absolute atomic E-state index is 0.101. The number of carbonyl (C=O) groups is 1. The second-order valence-electron chi connectivity index (χ2n) is 3.88. The lowest BCUT2D eigenvalue weighted by Gasteiger charge is -2.03. The molecule has 1 aromatic heterocycles. The predicted octanol–water partition coefficient (Wildman–Crippen LogP) is 2.21. The van der Waals surface area contributed by atoms with Crippen molar-refractivity contribution in [3.63, 3.8) is 0 Å². The van der Waals surface area contributed by atoms with E-state index in [2.05, 4.69) is 4.98 Å². The summed E-state index contributed by atoms with van der Waals surface area (Å²) >= 11 is 0. The minimum Gasteiger partial charge on any atom is -0.338 e. The molecule has 0 radical (unpaired) electrons. The van der Waals surface area contributed by atoms with E-state index in [0.717, 1.165) is 17.8 Å². The lowest BCUT2D eigenvalue weighted by Crippen LogP contribution is -1.99. The first-order valence-electron chi connectivity index (χ1n) is 5.23. The van der Waals surface area contributed by atoms with Crippen LogP contribution in [-0.2, 0) is 13.5 Å². The van der Waals surface area contributed by atoms with E-state index in [9.17, 15) is 4.79 Å². The number of ketones is 1. The normalized spacial score (nSPS) is 10.4. The van der Waals surface area contributed by atoms with Gasteiger partial charge in [0.05, 0.1) is 0 Å². The zero-order valence-electron chi connectivity index (χ0n) is 9.47. The van der Waals surface area contributed by atoms with Crippen molar-refractivity contribution in [3.8, 4) is 0 Å². The van der Waals surface area contributed by atoms with Crippen LogP contribution in [0.2, 0.25) is 0 Å². The molecule has 3 nitrogen and oxygen atoms in total. The minimum atomic E-state index is 0.101. The number of nitrogens with zero attached hydrogens (tertiary/aromatic N) is 2. The first-order valence-corrected chi connectivity index (χ1v) is 5.23. The second-order valence-corrected chi connectivity index (χ2v) is 3.88. The zero-order valence-corrected chi connectivity index (χ0v) is 9.47. The number of Topliss-reactive ketones (excluding diaryl/α,β-unsaturated/α-hetero) is 1. The molecule has 0 saturated carbocycles. The Kier molecular flexibility index (Phi) is 2.86. The van der Waals surface area contributed by atoms with Crippen molar-refractivity contribution in [2.45, 2.75) is 13.3 Å². The Morgan fingerprint density at radius 3 is 2.50 bits per heavy atom. The van der Waals surface area contributed by atoms with E-state index in [0.29, 0.717) is 0 Å². The van der Waals surface area contributed by atoms with Crippen LogP contribution in [0, 0.1) is 0 Å². The summed E-state index contributed by atoms with van der Waals surface area (Å²) in [5.74, 6) is 1.12. The predicted molar refractivity (Wildman–Crippen MR) is 62.5 cm³/mol. The highest BCUT2D eigenvalue weighted by atomic mass is 16.1. The van der Waals surface area contributed by atoms with Gasteiger partial charge in [-0.15, -0.1) is 0 Å². The van der Waals surface area contributed by atoms with Crippen molar-refractivity contribution in [3.05, 3.63) is 53.6 Å². The Morgan fingerprint density at radius 1 is 1.31 bits per heavy atom. The summed E-state index contributed by atoms with van der Waals surface area (Å²) in [4.78, 5) is 15.4. The van der Waals surface area contributed by atoms with E-state index < -0.39 is 0 Å². The van der Waals surface area contributed by atoms with Crippen LogP contribution in [0.3, 0.4) is 0 Å². The standard InChI is InChI=1S/C13H14N2O/c1-10(16)12-5-3-11(4-6-12)9-13-14-7-8-15(13)2/h3-8H,9H2,1-2H3. The van der Waals surface area contributed by atoms with Gasteiger partial charge in [0.15, 0.2) is 5.78 Å². The largest absolute Gasteiger partial charge is 0.338 e. The number of imidazole rings is 1. The van der Waals surface area contributed by atoms with Crippen molar-refractivity contribution >= 4 is 5.78 Å². The molecule has 0 fully saturated rings. The molecule has 82 valence electrons. The van der Waals surface area contributed by atoms with Gasteiger partial charge in [-0.3, -0.25) is 4.79 Å². The van der Waals surface area contributed by atoms with Crippen molar-refractivity contribution < 1.29 is 4.79 Å². The van der Waals surface area contributed by atoms with Gasteiger partial charge in [-0.2, -0.15) is 0 Å². The molecular formula is C13H14N2O. The molecule has 0 N–H and O–H groups in total. The third kappa shape index (κ3) is 2.19. The van der Waals surface area contributed by atoms with Crippen molar-refractivity contribution in [2.24, 2.45) is 7.05 Å². The summed E-state index contributed by atoms with van der Waals surface area (Å²) in [5.41, 5.74) is 1.92. The maximum atomic E-state index is 11.1. The van der Waals surface area contributed by atoms with Gasteiger partial charge in [-0.05, 0) is 12.5 Å². The summed E-state index contributed by atoms with van der Waals surface area (Å²) in [6.45, 7) is 1.58. The number of benzene rings is 1. The van der Waals surface area contributed by atoms with Crippen LogP contribution in [0.15, 0.2) is 36.7 Å². The molecular weight excluding hydrogens is 200 g/mol. The van der Waals surface area contributed by atoms with Crippen molar-refractivity contribution in [2.75, 3.05) is 0 Å². The molecule has 1 aromatic carbocycles. The number of hydrogen-bond acceptors (Lipinski definition) is 2. The Labute approximate surface area is 94.7 Å². The summed E-state index contributed by atoms with van der Waals surface area (Å²) in [5, 5.41) is 0. The van der Waals surface area contributed by atoms with Gasteiger partial charge in [-0.25, -0.2) is 4.98 Å². The molecule has 16 heavy (non-hydrogen) atoms. The highest BCUT2D eigenvalue weighted by molar-refractivity contribution is 5.93. The summed E-state index contributed by atoms with van der Waals surface area (Å²) in [7, 11) is 1.98. The van der Waals surface area contributed by atoms with E-state index in [4.69, 9.17) is 0 Å². The molecule has 3 heteroatoms. The van der Waals surface area contributed by atoms with Crippen LogP contribution < -0.4 is 0 Å². The average Bonchev–Trinajstić information content (AvgIpc) is 2.65. The monoisotopic (exact) mass is 214 g/mol. The highest BCUT2D eigenvalue weighted by Gasteiger charge is 2.02. The van der Waals surface area contributed by atoms with Gasteiger partial charge >= 0.3 is 0 Å². The molecule has 2 aromatic rings. The molecule has 0 aliphatic carbocycles. The fourth-order valence-electron chi connectivity index (χ4n) is 1.61. The highest BCUT2D eigenvalue weighted by Crippen LogP contribution is 2.09. The van der Waals surface area contributed by atoms with E-state index >= 15 is 0 Å². The molecule has 0 aliphatic rings. The Morgan fingerprint density at radius 2 is 2.00 bits per heavy atom. The second kappa shape index (κ2) is 4.31. The molecule has 0 saturated heterocycles. The van der Waals surface area contributed by atoms with Crippen molar-refractivity contribution in [1.82, 2.24) is 9.55 Å². The Balaban J connectivity index is 2.17. The first-order chi connectivity index (χ1) is 7.66. The summed E-state index contributed by atoms with van der Waals surface area (Å²) in [6, 6.07) is 7.68. The van der Waals surface area contributed by atoms with E-state index in [-0.39, 0.29) is 5.78 Å². The molecule has 0 unspecified atom stereocenters. The molecule has 0 aliphatic heterocycles. The smallest absolute Gasteiger partial charge is 0.159 e. The molecule has 0 spiro atoms. The molecule has 2 rings (SSSR count). The van der Waals surface area contributed by atoms with Gasteiger partial charge in [-0.1, -0.05) is 24.3 Å². The number of carbonyl (C=O) groups excluding carboxylic acids is 1. The zero-order chi connectivity index (χ0) is 11.5. The lowest BCUT2D eigenvalue weighted by molar-refractivity contribution is 0.101. The number of aromatic nitrogens is 2.